The zero-order valence-electron chi connectivity index (χ0n) is 16.6. The van der Waals surface area contributed by atoms with Crippen molar-refractivity contribution in [3.8, 4) is 0 Å². The normalized spacial score (nSPS) is 14.4. The standard InChI is InChI=1S/C22H25N3O3S2/c26-16(14-6-2-1-3-7-14)12-23-19(27)10-11-29-13-18-24-21(28)20-15-8-4-5-9-17(15)30-22(20)25-18/h1-3,6-7,16,26H,4-5,8-13H2,(H,23,27)(H,24,25,28). The smallest absolute Gasteiger partial charge is 0.259 e. The lowest BCUT2D eigenvalue weighted by Crippen LogP contribution is -2.28. The quantitative estimate of drug-likeness (QED) is 0.464. The number of aliphatic hydroxyl groups excluding tert-OH is 1. The molecule has 2 heterocycles. The van der Waals surface area contributed by atoms with Gasteiger partial charge in [0.2, 0.25) is 5.91 Å². The molecule has 0 fully saturated rings. The number of hydrogen-bond donors (Lipinski definition) is 3. The number of nitrogens with one attached hydrogen (secondary N) is 2. The number of thiophene rings is 1. The molecule has 1 aliphatic carbocycles. The van der Waals surface area contributed by atoms with Gasteiger partial charge in [0.15, 0.2) is 0 Å². The molecule has 0 bridgehead atoms. The lowest BCUT2D eigenvalue weighted by atomic mass is 9.97. The molecule has 2 aromatic heterocycles. The van der Waals surface area contributed by atoms with Crippen LogP contribution in [0.25, 0.3) is 10.2 Å². The number of benzene rings is 1. The van der Waals surface area contributed by atoms with E-state index in [9.17, 15) is 14.7 Å². The van der Waals surface area contributed by atoms with Crippen molar-refractivity contribution in [1.29, 1.82) is 0 Å². The molecule has 0 aliphatic heterocycles. The van der Waals surface area contributed by atoms with Crippen LogP contribution >= 0.6 is 23.1 Å². The van der Waals surface area contributed by atoms with Gasteiger partial charge in [0.1, 0.15) is 10.7 Å². The van der Waals surface area contributed by atoms with Gasteiger partial charge in [-0.05, 0) is 36.8 Å². The number of carbonyl (C=O) groups excluding carboxylic acids is 1. The number of thioether (sulfide) groups is 1. The zero-order valence-corrected chi connectivity index (χ0v) is 18.3. The summed E-state index contributed by atoms with van der Waals surface area (Å²) in [6.07, 6.45) is 3.99. The van der Waals surface area contributed by atoms with Gasteiger partial charge in [-0.3, -0.25) is 9.59 Å². The van der Waals surface area contributed by atoms with E-state index < -0.39 is 6.10 Å². The summed E-state index contributed by atoms with van der Waals surface area (Å²) in [6.45, 7) is 0.197. The van der Waals surface area contributed by atoms with Gasteiger partial charge in [0, 0.05) is 23.6 Å². The largest absolute Gasteiger partial charge is 0.387 e. The van der Waals surface area contributed by atoms with Crippen LogP contribution in [0.2, 0.25) is 0 Å². The molecule has 3 N–H and O–H groups in total. The minimum Gasteiger partial charge on any atom is -0.387 e. The van der Waals surface area contributed by atoms with Crippen molar-refractivity contribution >= 4 is 39.2 Å². The molecule has 0 saturated carbocycles. The monoisotopic (exact) mass is 443 g/mol. The lowest BCUT2D eigenvalue weighted by molar-refractivity contribution is -0.121. The zero-order chi connectivity index (χ0) is 20.9. The number of aromatic amines is 1. The molecule has 6 nitrogen and oxygen atoms in total. The fraction of sp³-hybridized carbons (Fsp3) is 0.409. The molecular weight excluding hydrogens is 418 g/mol. The Kier molecular flexibility index (Phi) is 6.86. The summed E-state index contributed by atoms with van der Waals surface area (Å²) in [5.74, 6) is 1.75. The van der Waals surface area contributed by atoms with Crippen molar-refractivity contribution < 1.29 is 9.90 Å². The van der Waals surface area contributed by atoms with E-state index in [1.165, 1.54) is 16.9 Å². The molecule has 1 aliphatic rings. The van der Waals surface area contributed by atoms with E-state index in [0.717, 1.165) is 35.0 Å². The van der Waals surface area contributed by atoms with E-state index in [-0.39, 0.29) is 18.0 Å². The molecule has 1 aromatic carbocycles. The third kappa shape index (κ3) is 4.94. The number of amides is 1. The first-order valence-electron chi connectivity index (χ1n) is 10.2. The van der Waals surface area contributed by atoms with Crippen molar-refractivity contribution in [3.63, 3.8) is 0 Å². The van der Waals surface area contributed by atoms with Crippen LogP contribution in [-0.4, -0.2) is 33.3 Å². The Morgan fingerprint density at radius 2 is 2.07 bits per heavy atom. The van der Waals surface area contributed by atoms with E-state index in [0.29, 0.717) is 23.8 Å². The summed E-state index contributed by atoms with van der Waals surface area (Å²) in [5, 5.41) is 13.6. The average molecular weight is 444 g/mol. The third-order valence-corrected chi connectivity index (χ3v) is 7.42. The average Bonchev–Trinajstić information content (AvgIpc) is 3.14. The maximum atomic E-state index is 12.6. The molecule has 1 atom stereocenters. The van der Waals surface area contributed by atoms with Crippen molar-refractivity contribution in [2.24, 2.45) is 0 Å². The summed E-state index contributed by atoms with van der Waals surface area (Å²) in [7, 11) is 0. The Balaban J connectivity index is 1.25. The molecule has 0 saturated heterocycles. The first kappa shape index (κ1) is 21.1. The molecule has 158 valence electrons. The molecule has 1 unspecified atom stereocenters. The van der Waals surface area contributed by atoms with Crippen LogP contribution in [0.3, 0.4) is 0 Å². The fourth-order valence-electron chi connectivity index (χ4n) is 3.70. The van der Waals surface area contributed by atoms with Crippen LogP contribution in [0.4, 0.5) is 0 Å². The van der Waals surface area contributed by atoms with Crippen molar-refractivity contribution in [1.82, 2.24) is 15.3 Å². The predicted octanol–water partition coefficient (Wildman–Crippen LogP) is 3.34. The van der Waals surface area contributed by atoms with Crippen LogP contribution < -0.4 is 10.9 Å². The van der Waals surface area contributed by atoms with Crippen LogP contribution in [0.1, 0.15) is 47.2 Å². The number of H-pyrrole nitrogens is 1. The van der Waals surface area contributed by atoms with E-state index in [2.05, 4.69) is 15.3 Å². The third-order valence-electron chi connectivity index (χ3n) is 5.26. The Morgan fingerprint density at radius 3 is 2.90 bits per heavy atom. The van der Waals surface area contributed by atoms with Crippen LogP contribution in [0.5, 0.6) is 0 Å². The number of nitrogens with zero attached hydrogens (tertiary/aromatic N) is 1. The Hall–Kier alpha value is -2.16. The van der Waals surface area contributed by atoms with Gasteiger partial charge in [-0.1, -0.05) is 30.3 Å². The van der Waals surface area contributed by atoms with Crippen LogP contribution in [0, 0.1) is 0 Å². The molecular formula is C22H25N3O3S2. The van der Waals surface area contributed by atoms with Crippen molar-refractivity contribution in [3.05, 3.63) is 62.5 Å². The summed E-state index contributed by atoms with van der Waals surface area (Å²) in [5.41, 5.74) is 1.94. The number of aromatic nitrogens is 2. The Bertz CT molecular complexity index is 1080. The first-order chi connectivity index (χ1) is 14.6. The van der Waals surface area contributed by atoms with Gasteiger partial charge >= 0.3 is 0 Å². The van der Waals surface area contributed by atoms with Crippen LogP contribution in [-0.2, 0) is 23.4 Å². The van der Waals surface area contributed by atoms with Gasteiger partial charge in [0.25, 0.3) is 5.56 Å². The van der Waals surface area contributed by atoms with E-state index >= 15 is 0 Å². The number of fused-ring (bicyclic) bond motifs is 3. The number of carbonyl (C=O) groups is 1. The van der Waals surface area contributed by atoms with Gasteiger partial charge in [-0.2, -0.15) is 11.8 Å². The maximum absolute atomic E-state index is 12.6. The predicted molar refractivity (Wildman–Crippen MR) is 122 cm³/mol. The highest BCUT2D eigenvalue weighted by atomic mass is 32.2. The molecule has 0 spiro atoms. The minimum absolute atomic E-state index is 0.0392. The molecule has 0 radical (unpaired) electrons. The van der Waals surface area contributed by atoms with Gasteiger partial charge in [-0.15, -0.1) is 11.3 Å². The molecule has 3 aromatic rings. The second-order valence-corrected chi connectivity index (χ2v) is 9.63. The number of aryl methyl sites for hydroxylation is 2. The number of hydrogen-bond acceptors (Lipinski definition) is 6. The van der Waals surface area contributed by atoms with Gasteiger partial charge in [0.05, 0.1) is 17.2 Å². The Labute approximate surface area is 183 Å². The topological polar surface area (TPSA) is 95.1 Å². The summed E-state index contributed by atoms with van der Waals surface area (Å²) < 4.78 is 0. The number of aliphatic hydroxyl groups is 1. The summed E-state index contributed by atoms with van der Waals surface area (Å²) >= 11 is 3.22. The maximum Gasteiger partial charge on any atom is 0.259 e. The van der Waals surface area contributed by atoms with Crippen molar-refractivity contribution in [2.45, 2.75) is 44.0 Å². The van der Waals surface area contributed by atoms with Gasteiger partial charge in [-0.25, -0.2) is 4.98 Å². The molecule has 8 heteroatoms. The highest BCUT2D eigenvalue weighted by Gasteiger charge is 2.19. The van der Waals surface area contributed by atoms with E-state index in [4.69, 9.17) is 0 Å². The van der Waals surface area contributed by atoms with Crippen LogP contribution in [0.15, 0.2) is 35.1 Å². The first-order valence-corrected chi connectivity index (χ1v) is 12.2. The molecule has 1 amide bonds. The van der Waals surface area contributed by atoms with Gasteiger partial charge < -0.3 is 15.4 Å². The van der Waals surface area contributed by atoms with Crippen molar-refractivity contribution in [2.75, 3.05) is 12.3 Å². The lowest BCUT2D eigenvalue weighted by Gasteiger charge is -2.12. The second kappa shape index (κ2) is 9.76. The summed E-state index contributed by atoms with van der Waals surface area (Å²) in [6, 6.07) is 9.28. The second-order valence-electron chi connectivity index (χ2n) is 7.44. The fourth-order valence-corrected chi connectivity index (χ4v) is 5.79. The molecule has 4 rings (SSSR count). The summed E-state index contributed by atoms with van der Waals surface area (Å²) in [4.78, 5) is 34.3. The van der Waals surface area contributed by atoms with E-state index in [1.54, 1.807) is 23.1 Å². The Morgan fingerprint density at radius 1 is 1.27 bits per heavy atom. The molecule has 30 heavy (non-hydrogen) atoms. The number of rotatable bonds is 8. The van der Waals surface area contributed by atoms with E-state index in [1.807, 2.05) is 30.3 Å². The minimum atomic E-state index is -0.708. The highest BCUT2D eigenvalue weighted by molar-refractivity contribution is 7.98. The SMILES string of the molecule is O=C(CCSCc1nc2sc3c(c2c(=O)[nH]1)CCCC3)NCC(O)c1ccccc1. The highest BCUT2D eigenvalue weighted by Crippen LogP contribution is 2.33.